The molecule has 0 aromatic heterocycles. The van der Waals surface area contributed by atoms with Gasteiger partial charge < -0.3 is 4.90 Å². The minimum atomic E-state index is 0.805. The highest BCUT2D eigenvalue weighted by atomic mass is 15.2. The smallest absolute Gasteiger partial charge is 0.0954 e. The van der Waals surface area contributed by atoms with Crippen LogP contribution in [0.4, 0.5) is 0 Å². The molecule has 11 heavy (non-hydrogen) atoms. The summed E-state index contributed by atoms with van der Waals surface area (Å²) in [5.74, 6) is 1.71. The van der Waals surface area contributed by atoms with Crippen molar-refractivity contribution in [1.82, 2.24) is 4.90 Å². The lowest BCUT2D eigenvalue weighted by Crippen LogP contribution is -2.31. The molecule has 0 aromatic carbocycles. The van der Waals surface area contributed by atoms with Gasteiger partial charge in [-0.15, -0.1) is 0 Å². The minimum Gasteiger partial charge on any atom is -0.361 e. The summed E-state index contributed by atoms with van der Waals surface area (Å²) in [6, 6.07) is 0. The predicted molar refractivity (Wildman–Crippen MR) is 48.0 cm³/mol. The molecule has 1 rings (SSSR count). The molecular formula is C9H18N2. The second-order valence-electron chi connectivity index (χ2n) is 3.28. The quantitative estimate of drug-likeness (QED) is 0.487. The van der Waals surface area contributed by atoms with E-state index in [4.69, 9.17) is 5.41 Å². The molecule has 0 radical (unpaired) electrons. The van der Waals surface area contributed by atoms with Crippen molar-refractivity contribution in [1.29, 1.82) is 5.41 Å². The van der Waals surface area contributed by atoms with Crippen LogP contribution in [0.15, 0.2) is 0 Å². The molecule has 1 fully saturated rings. The van der Waals surface area contributed by atoms with Crippen LogP contribution in [0.5, 0.6) is 0 Å². The number of hydrogen-bond donors (Lipinski definition) is 1. The lowest BCUT2D eigenvalue weighted by Gasteiger charge is -2.22. The monoisotopic (exact) mass is 154 g/mol. The molecule has 0 aliphatic heterocycles. The molecular weight excluding hydrogens is 136 g/mol. The first-order chi connectivity index (χ1) is 5.27. The van der Waals surface area contributed by atoms with Crippen molar-refractivity contribution >= 4 is 5.84 Å². The average Bonchev–Trinajstić information content (AvgIpc) is 2.82. The van der Waals surface area contributed by atoms with Crippen LogP contribution >= 0.6 is 0 Å². The third kappa shape index (κ3) is 2.52. The lowest BCUT2D eigenvalue weighted by molar-refractivity contribution is 0.410. The molecule has 0 heterocycles. The number of nitrogens with zero attached hydrogens (tertiary/aromatic N) is 1. The van der Waals surface area contributed by atoms with Gasteiger partial charge in [-0.1, -0.05) is 6.92 Å². The molecule has 0 unspecified atom stereocenters. The Morgan fingerprint density at radius 3 is 2.45 bits per heavy atom. The first-order valence-corrected chi connectivity index (χ1v) is 4.60. The Balaban J connectivity index is 2.27. The maximum absolute atomic E-state index is 7.64. The van der Waals surface area contributed by atoms with Crippen LogP contribution in [0, 0.1) is 11.3 Å². The van der Waals surface area contributed by atoms with E-state index in [1.165, 1.54) is 12.8 Å². The van der Waals surface area contributed by atoms with E-state index in [1.807, 2.05) is 0 Å². The third-order valence-electron chi connectivity index (χ3n) is 2.27. The summed E-state index contributed by atoms with van der Waals surface area (Å²) in [4.78, 5) is 2.19. The van der Waals surface area contributed by atoms with Crippen molar-refractivity contribution in [3.05, 3.63) is 0 Å². The van der Waals surface area contributed by atoms with Crippen molar-refractivity contribution in [2.75, 3.05) is 13.1 Å². The standard InChI is InChI=1S/C9H18N2/c1-3-9(10)11(4-2)7-8-5-6-8/h8,10H,3-7H2,1-2H3. The fourth-order valence-electron chi connectivity index (χ4n) is 1.27. The Kier molecular flexibility index (Phi) is 2.92. The molecule has 0 spiro atoms. The zero-order chi connectivity index (χ0) is 8.27. The normalized spacial score (nSPS) is 16.5. The van der Waals surface area contributed by atoms with Crippen LogP contribution in [0.2, 0.25) is 0 Å². The van der Waals surface area contributed by atoms with Crippen LogP contribution in [0.1, 0.15) is 33.1 Å². The van der Waals surface area contributed by atoms with E-state index in [0.29, 0.717) is 0 Å². The second kappa shape index (κ2) is 3.74. The molecule has 1 aliphatic carbocycles. The van der Waals surface area contributed by atoms with Crippen LogP contribution in [-0.4, -0.2) is 23.8 Å². The van der Waals surface area contributed by atoms with Gasteiger partial charge in [0.2, 0.25) is 0 Å². The Labute approximate surface area is 69.1 Å². The Bertz CT molecular complexity index is 138. The van der Waals surface area contributed by atoms with E-state index in [1.54, 1.807) is 0 Å². The highest BCUT2D eigenvalue weighted by Gasteiger charge is 2.24. The zero-order valence-corrected chi connectivity index (χ0v) is 7.56. The van der Waals surface area contributed by atoms with Gasteiger partial charge in [0.25, 0.3) is 0 Å². The Morgan fingerprint density at radius 2 is 2.09 bits per heavy atom. The van der Waals surface area contributed by atoms with E-state index >= 15 is 0 Å². The number of amidine groups is 1. The maximum atomic E-state index is 7.64. The first-order valence-electron chi connectivity index (χ1n) is 4.60. The second-order valence-corrected chi connectivity index (χ2v) is 3.28. The largest absolute Gasteiger partial charge is 0.361 e. The summed E-state index contributed by atoms with van der Waals surface area (Å²) in [5, 5.41) is 7.64. The van der Waals surface area contributed by atoms with Gasteiger partial charge >= 0.3 is 0 Å². The van der Waals surface area contributed by atoms with Crippen molar-refractivity contribution in [3.63, 3.8) is 0 Å². The zero-order valence-electron chi connectivity index (χ0n) is 7.56. The van der Waals surface area contributed by atoms with Gasteiger partial charge in [0.1, 0.15) is 0 Å². The predicted octanol–water partition coefficient (Wildman–Crippen LogP) is 2.11. The fourth-order valence-corrected chi connectivity index (χ4v) is 1.27. The van der Waals surface area contributed by atoms with Crippen molar-refractivity contribution < 1.29 is 0 Å². The fraction of sp³-hybridized carbons (Fsp3) is 0.889. The van der Waals surface area contributed by atoms with E-state index in [2.05, 4.69) is 18.7 Å². The van der Waals surface area contributed by atoms with Crippen LogP contribution in [-0.2, 0) is 0 Å². The van der Waals surface area contributed by atoms with Gasteiger partial charge in [-0.25, -0.2) is 0 Å². The Hall–Kier alpha value is -0.530. The number of hydrogen-bond acceptors (Lipinski definition) is 1. The molecule has 2 nitrogen and oxygen atoms in total. The van der Waals surface area contributed by atoms with Gasteiger partial charge in [-0.3, -0.25) is 5.41 Å². The summed E-state index contributed by atoms with van der Waals surface area (Å²) in [5.41, 5.74) is 0. The lowest BCUT2D eigenvalue weighted by atomic mass is 10.3. The molecule has 0 atom stereocenters. The SMILES string of the molecule is CCC(=N)N(CC)CC1CC1. The van der Waals surface area contributed by atoms with Crippen molar-refractivity contribution in [3.8, 4) is 0 Å². The van der Waals surface area contributed by atoms with E-state index in [9.17, 15) is 0 Å². The molecule has 1 saturated carbocycles. The van der Waals surface area contributed by atoms with Gasteiger partial charge in [-0.05, 0) is 25.7 Å². The molecule has 0 bridgehead atoms. The van der Waals surface area contributed by atoms with Gasteiger partial charge in [0.15, 0.2) is 0 Å². The molecule has 1 aliphatic rings. The average molecular weight is 154 g/mol. The summed E-state index contributed by atoms with van der Waals surface area (Å²) >= 11 is 0. The van der Waals surface area contributed by atoms with E-state index in [-0.39, 0.29) is 0 Å². The highest BCUT2D eigenvalue weighted by molar-refractivity contribution is 5.78. The van der Waals surface area contributed by atoms with E-state index < -0.39 is 0 Å². The molecule has 2 heteroatoms. The maximum Gasteiger partial charge on any atom is 0.0954 e. The minimum absolute atomic E-state index is 0.805. The number of nitrogens with one attached hydrogen (secondary N) is 1. The van der Waals surface area contributed by atoms with Crippen LogP contribution in [0.25, 0.3) is 0 Å². The molecule has 64 valence electrons. The molecule has 0 amide bonds. The van der Waals surface area contributed by atoms with Gasteiger partial charge in [0, 0.05) is 19.5 Å². The van der Waals surface area contributed by atoms with Gasteiger partial charge in [0.05, 0.1) is 5.84 Å². The first kappa shape index (κ1) is 8.57. The summed E-state index contributed by atoms with van der Waals surface area (Å²) < 4.78 is 0. The highest BCUT2D eigenvalue weighted by Crippen LogP contribution is 2.29. The molecule has 1 N–H and O–H groups in total. The number of rotatable bonds is 4. The molecule has 0 aromatic rings. The van der Waals surface area contributed by atoms with Crippen molar-refractivity contribution in [2.45, 2.75) is 33.1 Å². The van der Waals surface area contributed by atoms with Gasteiger partial charge in [-0.2, -0.15) is 0 Å². The summed E-state index contributed by atoms with van der Waals surface area (Å²) in [6.45, 7) is 6.32. The summed E-state index contributed by atoms with van der Waals surface area (Å²) in [7, 11) is 0. The van der Waals surface area contributed by atoms with E-state index in [0.717, 1.165) is 31.3 Å². The van der Waals surface area contributed by atoms with Crippen LogP contribution < -0.4 is 0 Å². The molecule has 0 saturated heterocycles. The van der Waals surface area contributed by atoms with Crippen molar-refractivity contribution in [2.24, 2.45) is 5.92 Å². The summed E-state index contributed by atoms with van der Waals surface area (Å²) in [6.07, 6.45) is 3.64. The topological polar surface area (TPSA) is 27.1 Å². The van der Waals surface area contributed by atoms with Crippen LogP contribution in [0.3, 0.4) is 0 Å². The Morgan fingerprint density at radius 1 is 1.45 bits per heavy atom. The third-order valence-corrected chi connectivity index (χ3v) is 2.27.